The zero-order valence-corrected chi connectivity index (χ0v) is 12.3. The fourth-order valence-electron chi connectivity index (χ4n) is 2.73. The van der Waals surface area contributed by atoms with Crippen LogP contribution in [0.4, 0.5) is 0 Å². The summed E-state index contributed by atoms with van der Waals surface area (Å²) in [5.41, 5.74) is 2.70. The molecule has 1 aliphatic carbocycles. The smallest absolute Gasteiger partial charge is 0.0723 e. The Hall–Kier alpha value is -0.860. The fraction of sp³-hybridized carbons (Fsp3) is 0.647. The molecule has 0 aliphatic heterocycles. The minimum Gasteiger partial charge on any atom is -0.374 e. The van der Waals surface area contributed by atoms with Gasteiger partial charge >= 0.3 is 0 Å². The Labute approximate surface area is 117 Å². The average Bonchev–Trinajstić information content (AvgIpc) is 2.45. The van der Waals surface area contributed by atoms with Gasteiger partial charge in [0.25, 0.3) is 0 Å². The minimum atomic E-state index is 0.475. The van der Waals surface area contributed by atoms with Crippen molar-refractivity contribution in [3.05, 3.63) is 35.4 Å². The van der Waals surface area contributed by atoms with Gasteiger partial charge in [-0.1, -0.05) is 38.1 Å². The van der Waals surface area contributed by atoms with Gasteiger partial charge in [0.2, 0.25) is 0 Å². The van der Waals surface area contributed by atoms with Crippen LogP contribution in [0, 0.1) is 5.92 Å². The molecule has 1 fully saturated rings. The molecule has 0 aromatic heterocycles. The molecule has 0 amide bonds. The molecule has 2 rings (SSSR count). The lowest BCUT2D eigenvalue weighted by molar-refractivity contribution is 0.00845. The molecule has 0 radical (unpaired) electrons. The lowest BCUT2D eigenvalue weighted by atomic mass is 9.89. The minimum absolute atomic E-state index is 0.475. The van der Waals surface area contributed by atoms with E-state index in [1.807, 2.05) is 0 Å². The highest BCUT2D eigenvalue weighted by Gasteiger charge is 2.18. The van der Waals surface area contributed by atoms with E-state index in [1.165, 1.54) is 36.8 Å². The first-order chi connectivity index (χ1) is 9.29. The molecule has 2 nitrogen and oxygen atoms in total. The van der Waals surface area contributed by atoms with Crippen LogP contribution in [-0.4, -0.2) is 12.6 Å². The zero-order chi connectivity index (χ0) is 13.5. The third-order valence-electron chi connectivity index (χ3n) is 4.12. The van der Waals surface area contributed by atoms with Crippen LogP contribution in [0.1, 0.15) is 50.7 Å². The molecule has 1 saturated carbocycles. The number of hydrogen-bond acceptors (Lipinski definition) is 2. The van der Waals surface area contributed by atoms with Gasteiger partial charge < -0.3 is 10.1 Å². The van der Waals surface area contributed by atoms with Gasteiger partial charge in [-0.2, -0.15) is 0 Å². The Morgan fingerprint density at radius 1 is 1.11 bits per heavy atom. The van der Waals surface area contributed by atoms with Crippen molar-refractivity contribution >= 4 is 0 Å². The van der Waals surface area contributed by atoms with Crippen LogP contribution in [-0.2, 0) is 17.9 Å². The van der Waals surface area contributed by atoms with Gasteiger partial charge in [0.1, 0.15) is 0 Å². The fourth-order valence-corrected chi connectivity index (χ4v) is 2.73. The Kier molecular flexibility index (Phi) is 5.87. The van der Waals surface area contributed by atoms with Crippen LogP contribution in [0.3, 0.4) is 0 Å². The van der Waals surface area contributed by atoms with Crippen molar-refractivity contribution in [3.63, 3.8) is 0 Å². The third kappa shape index (κ3) is 4.63. The van der Waals surface area contributed by atoms with Gasteiger partial charge in [-0.15, -0.1) is 0 Å². The van der Waals surface area contributed by atoms with Crippen LogP contribution in [0.5, 0.6) is 0 Å². The summed E-state index contributed by atoms with van der Waals surface area (Å²) in [7, 11) is 0. The number of rotatable bonds is 6. The maximum atomic E-state index is 6.11. The lowest BCUT2D eigenvalue weighted by Crippen LogP contribution is -2.21. The molecule has 0 bridgehead atoms. The van der Waals surface area contributed by atoms with Crippen LogP contribution in [0.15, 0.2) is 24.3 Å². The molecule has 0 heterocycles. The standard InChI is InChI=1S/C17H27NO/c1-3-18-12-15-6-4-5-7-16(15)13-19-17-10-8-14(2)9-11-17/h4-7,14,17-18H,3,8-13H2,1-2H3. The first-order valence-corrected chi connectivity index (χ1v) is 7.68. The molecule has 0 atom stereocenters. The van der Waals surface area contributed by atoms with Gasteiger partial charge in [-0.25, -0.2) is 0 Å². The Morgan fingerprint density at radius 2 is 1.79 bits per heavy atom. The first-order valence-electron chi connectivity index (χ1n) is 7.68. The van der Waals surface area contributed by atoms with Gasteiger partial charge in [0.15, 0.2) is 0 Å². The second-order valence-corrected chi connectivity index (χ2v) is 5.74. The summed E-state index contributed by atoms with van der Waals surface area (Å²) in [6.45, 7) is 7.21. The zero-order valence-electron chi connectivity index (χ0n) is 12.3. The van der Waals surface area contributed by atoms with E-state index in [2.05, 4.69) is 43.4 Å². The highest BCUT2D eigenvalue weighted by Crippen LogP contribution is 2.26. The molecule has 106 valence electrons. The van der Waals surface area contributed by atoms with Crippen molar-refractivity contribution in [2.45, 2.75) is 58.8 Å². The molecular weight excluding hydrogens is 234 g/mol. The summed E-state index contributed by atoms with van der Waals surface area (Å²) in [5.74, 6) is 0.890. The molecule has 2 heteroatoms. The Morgan fingerprint density at radius 3 is 2.47 bits per heavy atom. The van der Waals surface area contributed by atoms with E-state index in [1.54, 1.807) is 0 Å². The van der Waals surface area contributed by atoms with Crippen molar-refractivity contribution in [1.29, 1.82) is 0 Å². The number of hydrogen-bond donors (Lipinski definition) is 1. The van der Waals surface area contributed by atoms with E-state index < -0.39 is 0 Å². The van der Waals surface area contributed by atoms with Crippen LogP contribution < -0.4 is 5.32 Å². The van der Waals surface area contributed by atoms with E-state index in [0.29, 0.717) is 6.10 Å². The van der Waals surface area contributed by atoms with Crippen molar-refractivity contribution in [2.75, 3.05) is 6.54 Å². The number of benzene rings is 1. The maximum absolute atomic E-state index is 6.11. The van der Waals surface area contributed by atoms with E-state index >= 15 is 0 Å². The summed E-state index contributed by atoms with van der Waals surface area (Å²) in [4.78, 5) is 0. The second kappa shape index (κ2) is 7.66. The maximum Gasteiger partial charge on any atom is 0.0723 e. The molecule has 1 aliphatic rings. The van der Waals surface area contributed by atoms with Gasteiger partial charge in [-0.05, 0) is 49.3 Å². The molecule has 1 aromatic carbocycles. The van der Waals surface area contributed by atoms with E-state index in [9.17, 15) is 0 Å². The molecule has 0 spiro atoms. The lowest BCUT2D eigenvalue weighted by Gasteiger charge is -2.26. The highest BCUT2D eigenvalue weighted by molar-refractivity contribution is 5.26. The Balaban J connectivity index is 1.84. The van der Waals surface area contributed by atoms with Crippen LogP contribution in [0.2, 0.25) is 0 Å². The summed E-state index contributed by atoms with van der Waals surface area (Å²) in [5, 5.41) is 3.39. The first kappa shape index (κ1) is 14.5. The molecule has 19 heavy (non-hydrogen) atoms. The topological polar surface area (TPSA) is 21.3 Å². The molecule has 0 unspecified atom stereocenters. The monoisotopic (exact) mass is 261 g/mol. The summed E-state index contributed by atoms with van der Waals surface area (Å²) >= 11 is 0. The van der Waals surface area contributed by atoms with Crippen molar-refractivity contribution in [3.8, 4) is 0 Å². The van der Waals surface area contributed by atoms with Crippen molar-refractivity contribution in [2.24, 2.45) is 5.92 Å². The third-order valence-corrected chi connectivity index (χ3v) is 4.12. The summed E-state index contributed by atoms with van der Waals surface area (Å²) in [6, 6.07) is 8.61. The average molecular weight is 261 g/mol. The highest BCUT2D eigenvalue weighted by atomic mass is 16.5. The van der Waals surface area contributed by atoms with E-state index in [4.69, 9.17) is 4.74 Å². The van der Waals surface area contributed by atoms with E-state index in [0.717, 1.165) is 25.6 Å². The van der Waals surface area contributed by atoms with E-state index in [-0.39, 0.29) is 0 Å². The predicted octanol–water partition coefficient (Wildman–Crippen LogP) is 3.89. The van der Waals surface area contributed by atoms with Crippen LogP contribution >= 0.6 is 0 Å². The van der Waals surface area contributed by atoms with Gasteiger partial charge in [0.05, 0.1) is 12.7 Å². The normalized spacial score (nSPS) is 23.5. The van der Waals surface area contributed by atoms with Gasteiger partial charge in [0, 0.05) is 6.54 Å². The van der Waals surface area contributed by atoms with Crippen molar-refractivity contribution < 1.29 is 4.74 Å². The molecule has 1 aromatic rings. The quantitative estimate of drug-likeness (QED) is 0.838. The number of nitrogens with one attached hydrogen (secondary N) is 1. The van der Waals surface area contributed by atoms with Crippen LogP contribution in [0.25, 0.3) is 0 Å². The molecular formula is C17H27NO. The second-order valence-electron chi connectivity index (χ2n) is 5.74. The number of ether oxygens (including phenoxy) is 1. The summed E-state index contributed by atoms with van der Waals surface area (Å²) < 4.78 is 6.11. The predicted molar refractivity (Wildman–Crippen MR) is 80.0 cm³/mol. The summed E-state index contributed by atoms with van der Waals surface area (Å²) in [6.07, 6.45) is 5.59. The van der Waals surface area contributed by atoms with Crippen molar-refractivity contribution in [1.82, 2.24) is 5.32 Å². The molecule has 0 saturated heterocycles. The SMILES string of the molecule is CCNCc1ccccc1COC1CCC(C)CC1. The largest absolute Gasteiger partial charge is 0.374 e. The molecule has 1 N–H and O–H groups in total. The Bertz CT molecular complexity index is 369. The van der Waals surface area contributed by atoms with Gasteiger partial charge in [-0.3, -0.25) is 0 Å².